The molecular formula is C12H24N2O3. The van der Waals surface area contributed by atoms with E-state index >= 15 is 0 Å². The zero-order chi connectivity index (χ0) is 13.5. The first-order valence-electron chi connectivity index (χ1n) is 5.96. The second kappa shape index (κ2) is 7.27. The van der Waals surface area contributed by atoms with E-state index in [9.17, 15) is 9.59 Å². The number of esters is 1. The normalized spacial score (nSPS) is 13.9. The topological polar surface area (TPSA) is 72.6 Å². The van der Waals surface area contributed by atoms with Crippen molar-refractivity contribution in [3.8, 4) is 0 Å². The molecule has 0 saturated heterocycles. The number of methoxy groups -OCH3 is 1. The third-order valence-corrected chi connectivity index (χ3v) is 2.71. The van der Waals surface area contributed by atoms with Gasteiger partial charge in [0.15, 0.2) is 0 Å². The van der Waals surface area contributed by atoms with Gasteiger partial charge in [0.1, 0.15) is 0 Å². The molecule has 1 atom stereocenters. The molecule has 5 nitrogen and oxygen atoms in total. The number of nitrogens with zero attached hydrogens (tertiary/aromatic N) is 1. The monoisotopic (exact) mass is 244 g/mol. The van der Waals surface area contributed by atoms with Gasteiger partial charge in [-0.15, -0.1) is 0 Å². The summed E-state index contributed by atoms with van der Waals surface area (Å²) in [5.74, 6) is -0.334. The summed E-state index contributed by atoms with van der Waals surface area (Å²) in [6.45, 7) is 4.26. The van der Waals surface area contributed by atoms with Crippen LogP contribution < -0.4 is 5.73 Å². The highest BCUT2D eigenvalue weighted by Crippen LogP contribution is 2.12. The molecule has 0 aliphatic carbocycles. The van der Waals surface area contributed by atoms with Crippen LogP contribution in [0, 0.1) is 0 Å². The van der Waals surface area contributed by atoms with Crippen molar-refractivity contribution in [1.82, 2.24) is 4.90 Å². The highest BCUT2D eigenvalue weighted by Gasteiger charge is 2.29. The highest BCUT2D eigenvalue weighted by molar-refractivity contribution is 5.85. The van der Waals surface area contributed by atoms with Crippen LogP contribution in [0.5, 0.6) is 0 Å². The van der Waals surface area contributed by atoms with Gasteiger partial charge in [-0.2, -0.15) is 0 Å². The SMILES string of the molecule is CCCC(C)(N)C(=O)N(C)CCCC(=O)OC. The van der Waals surface area contributed by atoms with Crippen LogP contribution in [0.2, 0.25) is 0 Å². The van der Waals surface area contributed by atoms with Crippen molar-refractivity contribution >= 4 is 11.9 Å². The lowest BCUT2D eigenvalue weighted by atomic mass is 9.96. The average molecular weight is 244 g/mol. The number of nitrogens with two attached hydrogens (primary N) is 1. The zero-order valence-electron chi connectivity index (χ0n) is 11.3. The minimum absolute atomic E-state index is 0.0794. The number of rotatable bonds is 7. The van der Waals surface area contributed by atoms with Gasteiger partial charge in [-0.05, 0) is 19.8 Å². The lowest BCUT2D eigenvalue weighted by Crippen LogP contribution is -2.52. The smallest absolute Gasteiger partial charge is 0.305 e. The number of hydrogen-bond donors (Lipinski definition) is 1. The summed E-state index contributed by atoms with van der Waals surface area (Å²) in [5.41, 5.74) is 5.14. The van der Waals surface area contributed by atoms with E-state index in [1.807, 2.05) is 6.92 Å². The van der Waals surface area contributed by atoms with Gasteiger partial charge in [0.2, 0.25) is 5.91 Å². The van der Waals surface area contributed by atoms with Crippen molar-refractivity contribution in [1.29, 1.82) is 0 Å². The molecule has 0 heterocycles. The number of ether oxygens (including phenoxy) is 1. The molecular weight excluding hydrogens is 220 g/mol. The standard InChI is InChI=1S/C12H24N2O3/c1-5-8-12(2,13)11(16)14(3)9-6-7-10(15)17-4/h5-9,13H2,1-4H3. The Morgan fingerprint density at radius 2 is 2.00 bits per heavy atom. The number of hydrogen-bond acceptors (Lipinski definition) is 4. The number of carbonyl (C=O) groups excluding carboxylic acids is 2. The maximum atomic E-state index is 12.0. The molecule has 0 aliphatic rings. The Hall–Kier alpha value is -1.10. The van der Waals surface area contributed by atoms with Gasteiger partial charge in [0, 0.05) is 20.0 Å². The Bertz CT molecular complexity index is 264. The molecule has 1 unspecified atom stereocenters. The predicted octanol–water partition coefficient (Wildman–Crippen LogP) is 0.915. The van der Waals surface area contributed by atoms with Crippen molar-refractivity contribution < 1.29 is 14.3 Å². The van der Waals surface area contributed by atoms with E-state index in [-0.39, 0.29) is 11.9 Å². The molecule has 17 heavy (non-hydrogen) atoms. The van der Waals surface area contributed by atoms with Gasteiger partial charge in [-0.3, -0.25) is 9.59 Å². The van der Waals surface area contributed by atoms with E-state index in [1.165, 1.54) is 7.11 Å². The molecule has 0 aromatic carbocycles. The van der Waals surface area contributed by atoms with Crippen molar-refractivity contribution in [2.45, 2.75) is 45.1 Å². The van der Waals surface area contributed by atoms with Gasteiger partial charge in [-0.25, -0.2) is 0 Å². The molecule has 1 amide bonds. The van der Waals surface area contributed by atoms with Crippen LogP contribution in [0.4, 0.5) is 0 Å². The van der Waals surface area contributed by atoms with Crippen LogP contribution in [0.3, 0.4) is 0 Å². The van der Waals surface area contributed by atoms with Crippen LogP contribution in [-0.4, -0.2) is 43.0 Å². The molecule has 0 bridgehead atoms. The molecule has 0 radical (unpaired) electrons. The molecule has 0 aromatic heterocycles. The Labute approximate surface area is 103 Å². The third-order valence-electron chi connectivity index (χ3n) is 2.71. The van der Waals surface area contributed by atoms with Crippen LogP contribution in [0.25, 0.3) is 0 Å². The van der Waals surface area contributed by atoms with E-state index in [1.54, 1.807) is 18.9 Å². The lowest BCUT2D eigenvalue weighted by Gasteiger charge is -2.28. The fourth-order valence-electron chi connectivity index (χ4n) is 1.73. The van der Waals surface area contributed by atoms with E-state index < -0.39 is 5.54 Å². The summed E-state index contributed by atoms with van der Waals surface area (Å²) in [6.07, 6.45) is 2.45. The molecule has 100 valence electrons. The summed E-state index contributed by atoms with van der Waals surface area (Å²) in [7, 11) is 3.07. The Morgan fingerprint density at radius 1 is 1.41 bits per heavy atom. The molecule has 0 fully saturated rings. The fraction of sp³-hybridized carbons (Fsp3) is 0.833. The summed E-state index contributed by atoms with van der Waals surface area (Å²) in [6, 6.07) is 0. The fourth-order valence-corrected chi connectivity index (χ4v) is 1.73. The molecule has 5 heteroatoms. The Balaban J connectivity index is 4.09. The van der Waals surface area contributed by atoms with E-state index in [0.29, 0.717) is 25.8 Å². The van der Waals surface area contributed by atoms with E-state index in [2.05, 4.69) is 4.74 Å². The Morgan fingerprint density at radius 3 is 2.47 bits per heavy atom. The average Bonchev–Trinajstić information content (AvgIpc) is 2.27. The first kappa shape index (κ1) is 15.9. The maximum absolute atomic E-state index is 12.0. The highest BCUT2D eigenvalue weighted by atomic mass is 16.5. The van der Waals surface area contributed by atoms with Crippen LogP contribution in [0.1, 0.15) is 39.5 Å². The zero-order valence-corrected chi connectivity index (χ0v) is 11.3. The van der Waals surface area contributed by atoms with Crippen LogP contribution in [-0.2, 0) is 14.3 Å². The van der Waals surface area contributed by atoms with Gasteiger partial charge in [-0.1, -0.05) is 13.3 Å². The molecule has 0 rings (SSSR count). The Kier molecular flexibility index (Phi) is 6.80. The van der Waals surface area contributed by atoms with Crippen molar-refractivity contribution in [2.24, 2.45) is 5.73 Å². The summed E-state index contributed by atoms with van der Waals surface area (Å²) in [4.78, 5) is 24.5. The quantitative estimate of drug-likeness (QED) is 0.676. The first-order chi connectivity index (χ1) is 7.85. The van der Waals surface area contributed by atoms with Crippen molar-refractivity contribution in [2.75, 3.05) is 20.7 Å². The first-order valence-corrected chi connectivity index (χ1v) is 5.96. The molecule has 0 spiro atoms. The van der Waals surface area contributed by atoms with E-state index in [0.717, 1.165) is 6.42 Å². The number of likely N-dealkylation sites (N-methyl/N-ethyl adjacent to an activating group) is 1. The van der Waals surface area contributed by atoms with E-state index in [4.69, 9.17) is 5.73 Å². The summed E-state index contributed by atoms with van der Waals surface area (Å²) in [5, 5.41) is 0. The number of carbonyl (C=O) groups is 2. The van der Waals surface area contributed by atoms with Gasteiger partial charge in [0.05, 0.1) is 12.6 Å². The minimum Gasteiger partial charge on any atom is -0.469 e. The van der Waals surface area contributed by atoms with Gasteiger partial charge >= 0.3 is 5.97 Å². The van der Waals surface area contributed by atoms with Gasteiger partial charge in [0.25, 0.3) is 0 Å². The second-order valence-electron chi connectivity index (χ2n) is 4.57. The minimum atomic E-state index is -0.811. The van der Waals surface area contributed by atoms with Crippen molar-refractivity contribution in [3.63, 3.8) is 0 Å². The molecule has 0 saturated carbocycles. The largest absolute Gasteiger partial charge is 0.469 e. The summed E-state index contributed by atoms with van der Waals surface area (Å²) < 4.78 is 4.53. The number of amides is 1. The predicted molar refractivity (Wildman–Crippen MR) is 66.4 cm³/mol. The lowest BCUT2D eigenvalue weighted by molar-refractivity contribution is -0.141. The second-order valence-corrected chi connectivity index (χ2v) is 4.57. The maximum Gasteiger partial charge on any atom is 0.305 e. The van der Waals surface area contributed by atoms with Crippen molar-refractivity contribution in [3.05, 3.63) is 0 Å². The molecule has 0 aliphatic heterocycles. The van der Waals surface area contributed by atoms with Crippen LogP contribution >= 0.6 is 0 Å². The molecule has 0 aromatic rings. The third kappa shape index (κ3) is 5.68. The summed E-state index contributed by atoms with van der Waals surface area (Å²) >= 11 is 0. The molecule has 2 N–H and O–H groups in total. The van der Waals surface area contributed by atoms with Crippen LogP contribution in [0.15, 0.2) is 0 Å². The van der Waals surface area contributed by atoms with Gasteiger partial charge < -0.3 is 15.4 Å².